The minimum absolute atomic E-state index is 0.0783. The molecular weight excluding hydrogens is 358 g/mol. The lowest BCUT2D eigenvalue weighted by atomic mass is 10.1. The van der Waals surface area contributed by atoms with E-state index in [4.69, 9.17) is 5.11 Å². The molecule has 1 N–H and O–H groups in total. The third-order valence-electron chi connectivity index (χ3n) is 4.19. The van der Waals surface area contributed by atoms with E-state index in [9.17, 15) is 9.59 Å². The van der Waals surface area contributed by atoms with E-state index in [1.165, 1.54) is 0 Å². The van der Waals surface area contributed by atoms with Gasteiger partial charge in [-0.05, 0) is 47.9 Å². The van der Waals surface area contributed by atoms with Crippen LogP contribution in [-0.4, -0.2) is 34.5 Å². The Morgan fingerprint density at radius 2 is 1.87 bits per heavy atom. The standard InChI is InChI=1S/C18H18BrNO3/c1-11(18(22)23)10-20(16-6-7-16)17(21)14-3-2-13-9-15(19)5-4-12(13)8-14/h2-5,8-9,11,16H,6-7,10H2,1H3,(H,22,23). The molecule has 23 heavy (non-hydrogen) atoms. The van der Waals surface area contributed by atoms with Gasteiger partial charge in [-0.3, -0.25) is 9.59 Å². The van der Waals surface area contributed by atoms with Crippen molar-refractivity contribution in [3.05, 3.63) is 46.4 Å². The van der Waals surface area contributed by atoms with E-state index < -0.39 is 11.9 Å². The van der Waals surface area contributed by atoms with Crippen LogP contribution in [0.15, 0.2) is 40.9 Å². The van der Waals surface area contributed by atoms with E-state index in [2.05, 4.69) is 15.9 Å². The van der Waals surface area contributed by atoms with Gasteiger partial charge in [0.2, 0.25) is 0 Å². The van der Waals surface area contributed by atoms with E-state index >= 15 is 0 Å². The summed E-state index contributed by atoms with van der Waals surface area (Å²) in [7, 11) is 0. The summed E-state index contributed by atoms with van der Waals surface area (Å²) in [5.74, 6) is -1.51. The maximum absolute atomic E-state index is 12.8. The number of amides is 1. The fourth-order valence-electron chi connectivity index (χ4n) is 2.67. The van der Waals surface area contributed by atoms with Crippen molar-refractivity contribution in [1.29, 1.82) is 0 Å². The van der Waals surface area contributed by atoms with Crippen LogP contribution in [0.2, 0.25) is 0 Å². The molecule has 4 nitrogen and oxygen atoms in total. The lowest BCUT2D eigenvalue weighted by molar-refractivity contribution is -0.141. The third kappa shape index (κ3) is 3.55. The number of hydrogen-bond acceptors (Lipinski definition) is 2. The Balaban J connectivity index is 1.87. The summed E-state index contributed by atoms with van der Waals surface area (Å²) in [6.07, 6.45) is 1.91. The van der Waals surface area contributed by atoms with Gasteiger partial charge in [0.1, 0.15) is 0 Å². The third-order valence-corrected chi connectivity index (χ3v) is 4.68. The topological polar surface area (TPSA) is 57.6 Å². The van der Waals surface area contributed by atoms with Crippen LogP contribution in [0.3, 0.4) is 0 Å². The summed E-state index contributed by atoms with van der Waals surface area (Å²) >= 11 is 3.44. The number of nitrogens with zero attached hydrogens (tertiary/aromatic N) is 1. The average molecular weight is 376 g/mol. The molecule has 0 heterocycles. The van der Waals surface area contributed by atoms with Crippen LogP contribution in [-0.2, 0) is 4.79 Å². The fourth-order valence-corrected chi connectivity index (χ4v) is 3.05. The first-order valence-electron chi connectivity index (χ1n) is 7.69. The fraction of sp³-hybridized carbons (Fsp3) is 0.333. The second-order valence-electron chi connectivity index (χ2n) is 6.13. The maximum atomic E-state index is 12.8. The van der Waals surface area contributed by atoms with Gasteiger partial charge in [0, 0.05) is 22.6 Å². The second-order valence-corrected chi connectivity index (χ2v) is 7.05. The Labute approximate surface area is 143 Å². The predicted molar refractivity (Wildman–Crippen MR) is 92.5 cm³/mol. The molecule has 1 atom stereocenters. The summed E-state index contributed by atoms with van der Waals surface area (Å²) in [5, 5.41) is 11.2. The van der Waals surface area contributed by atoms with Crippen LogP contribution in [0.5, 0.6) is 0 Å². The van der Waals surface area contributed by atoms with Gasteiger partial charge < -0.3 is 10.0 Å². The molecule has 0 saturated heterocycles. The molecule has 1 fully saturated rings. The monoisotopic (exact) mass is 375 g/mol. The molecule has 1 aliphatic carbocycles. The number of fused-ring (bicyclic) bond motifs is 1. The van der Waals surface area contributed by atoms with Crippen LogP contribution in [0.25, 0.3) is 10.8 Å². The second kappa shape index (κ2) is 6.32. The summed E-state index contributed by atoms with van der Waals surface area (Å²) in [5.41, 5.74) is 0.615. The normalized spacial score (nSPS) is 15.4. The first-order chi connectivity index (χ1) is 11.0. The van der Waals surface area contributed by atoms with Crippen LogP contribution in [0.4, 0.5) is 0 Å². The molecule has 1 unspecified atom stereocenters. The number of aliphatic carboxylic acids is 1. The lowest BCUT2D eigenvalue weighted by Gasteiger charge is -2.24. The van der Waals surface area contributed by atoms with Crippen LogP contribution < -0.4 is 0 Å². The van der Waals surface area contributed by atoms with Gasteiger partial charge in [-0.25, -0.2) is 0 Å². The molecule has 0 bridgehead atoms. The number of benzene rings is 2. The summed E-state index contributed by atoms with van der Waals surface area (Å²) in [4.78, 5) is 25.6. The highest BCUT2D eigenvalue weighted by atomic mass is 79.9. The number of carbonyl (C=O) groups excluding carboxylic acids is 1. The quantitative estimate of drug-likeness (QED) is 0.861. The summed E-state index contributed by atoms with van der Waals surface area (Å²) in [6.45, 7) is 1.90. The smallest absolute Gasteiger partial charge is 0.308 e. The number of hydrogen-bond donors (Lipinski definition) is 1. The molecule has 5 heteroatoms. The molecule has 0 aromatic heterocycles. The lowest BCUT2D eigenvalue weighted by Crippen LogP contribution is -2.38. The Kier molecular flexibility index (Phi) is 4.39. The first-order valence-corrected chi connectivity index (χ1v) is 8.48. The van der Waals surface area contributed by atoms with Crippen molar-refractivity contribution in [2.24, 2.45) is 5.92 Å². The van der Waals surface area contributed by atoms with Crippen molar-refractivity contribution in [1.82, 2.24) is 4.90 Å². The molecule has 0 radical (unpaired) electrons. The van der Waals surface area contributed by atoms with Gasteiger partial charge in [-0.2, -0.15) is 0 Å². The van der Waals surface area contributed by atoms with E-state index in [1.54, 1.807) is 11.8 Å². The molecule has 0 spiro atoms. The largest absolute Gasteiger partial charge is 0.481 e. The zero-order chi connectivity index (χ0) is 16.6. The van der Waals surface area contributed by atoms with Crippen molar-refractivity contribution in [3.8, 4) is 0 Å². The van der Waals surface area contributed by atoms with Gasteiger partial charge in [0.05, 0.1) is 5.92 Å². The number of halogens is 1. The van der Waals surface area contributed by atoms with Crippen molar-refractivity contribution >= 4 is 38.6 Å². The molecular formula is C18H18BrNO3. The van der Waals surface area contributed by atoms with Gasteiger partial charge >= 0.3 is 5.97 Å². The average Bonchev–Trinajstić information content (AvgIpc) is 3.35. The molecule has 120 valence electrons. The Morgan fingerprint density at radius 1 is 1.22 bits per heavy atom. The van der Waals surface area contributed by atoms with Crippen molar-refractivity contribution in [2.45, 2.75) is 25.8 Å². The van der Waals surface area contributed by atoms with Crippen LogP contribution in [0.1, 0.15) is 30.1 Å². The number of carboxylic acids is 1. The first kappa shape index (κ1) is 16.0. The van der Waals surface area contributed by atoms with Gasteiger partial charge in [0.25, 0.3) is 5.91 Å². The predicted octanol–water partition coefficient (Wildman–Crippen LogP) is 3.93. The molecule has 2 aromatic carbocycles. The highest BCUT2D eigenvalue weighted by Crippen LogP contribution is 2.30. The highest BCUT2D eigenvalue weighted by Gasteiger charge is 2.34. The van der Waals surface area contributed by atoms with Gasteiger partial charge in [0.15, 0.2) is 0 Å². The van der Waals surface area contributed by atoms with Crippen LogP contribution >= 0.6 is 15.9 Å². The minimum atomic E-state index is -0.869. The molecule has 1 saturated carbocycles. The zero-order valence-electron chi connectivity index (χ0n) is 12.8. The Hall–Kier alpha value is -1.88. The number of rotatable bonds is 5. The number of carbonyl (C=O) groups is 2. The van der Waals surface area contributed by atoms with E-state index in [1.807, 2.05) is 36.4 Å². The highest BCUT2D eigenvalue weighted by molar-refractivity contribution is 9.10. The van der Waals surface area contributed by atoms with Crippen LogP contribution in [0, 0.1) is 5.92 Å². The summed E-state index contributed by atoms with van der Waals surface area (Å²) in [6, 6.07) is 11.7. The van der Waals surface area contributed by atoms with Gasteiger partial charge in [-0.1, -0.05) is 35.0 Å². The Bertz CT molecular complexity index is 770. The number of carboxylic acid groups (broad SMARTS) is 1. The maximum Gasteiger partial charge on any atom is 0.308 e. The van der Waals surface area contributed by atoms with Crippen molar-refractivity contribution < 1.29 is 14.7 Å². The Morgan fingerprint density at radius 3 is 2.52 bits per heavy atom. The van der Waals surface area contributed by atoms with E-state index in [-0.39, 0.29) is 18.5 Å². The van der Waals surface area contributed by atoms with Crippen molar-refractivity contribution in [2.75, 3.05) is 6.54 Å². The molecule has 2 aromatic rings. The van der Waals surface area contributed by atoms with Crippen molar-refractivity contribution in [3.63, 3.8) is 0 Å². The molecule has 0 aliphatic heterocycles. The molecule has 3 rings (SSSR count). The summed E-state index contributed by atoms with van der Waals surface area (Å²) < 4.78 is 0.999. The minimum Gasteiger partial charge on any atom is -0.481 e. The SMILES string of the molecule is CC(CN(C(=O)c1ccc2cc(Br)ccc2c1)C1CC1)C(=O)O. The zero-order valence-corrected chi connectivity index (χ0v) is 14.4. The van der Waals surface area contributed by atoms with Gasteiger partial charge in [-0.15, -0.1) is 0 Å². The molecule has 1 amide bonds. The molecule has 1 aliphatic rings. The van der Waals surface area contributed by atoms with E-state index in [0.29, 0.717) is 5.56 Å². The van der Waals surface area contributed by atoms with E-state index in [0.717, 1.165) is 28.1 Å².